The topological polar surface area (TPSA) is 64.8 Å². The minimum Gasteiger partial charge on any atom is -0.486 e. The van der Waals surface area contributed by atoms with Gasteiger partial charge in [0.15, 0.2) is 5.76 Å². The number of rotatable bonds is 7. The summed E-state index contributed by atoms with van der Waals surface area (Å²) in [6.07, 6.45) is -1.57. The van der Waals surface area contributed by atoms with Crippen LogP contribution >= 0.6 is 0 Å². The van der Waals surface area contributed by atoms with E-state index in [0.29, 0.717) is 29.3 Å². The van der Waals surface area contributed by atoms with Crippen LogP contribution in [0.5, 0.6) is 5.75 Å². The van der Waals surface area contributed by atoms with Crippen LogP contribution in [0.1, 0.15) is 41.8 Å². The molecular formula is C26H27F3N2O4. The van der Waals surface area contributed by atoms with Gasteiger partial charge in [0.05, 0.1) is 18.4 Å². The third-order valence-electron chi connectivity index (χ3n) is 6.09. The molecule has 1 saturated heterocycles. The maximum absolute atomic E-state index is 12.8. The van der Waals surface area contributed by atoms with Gasteiger partial charge in [0.1, 0.15) is 18.4 Å². The summed E-state index contributed by atoms with van der Waals surface area (Å²) in [6, 6.07) is 12.1. The molecule has 2 heterocycles. The van der Waals surface area contributed by atoms with Crippen molar-refractivity contribution in [2.24, 2.45) is 0 Å². The second-order valence-electron chi connectivity index (χ2n) is 8.54. The number of hydrogen-bond acceptors (Lipinski definition) is 6. The molecule has 186 valence electrons. The summed E-state index contributed by atoms with van der Waals surface area (Å²) >= 11 is 0. The number of aryl methyl sites for hydroxylation is 1. The quantitative estimate of drug-likeness (QED) is 0.393. The van der Waals surface area contributed by atoms with Gasteiger partial charge in [-0.15, -0.1) is 0 Å². The molecule has 4 rings (SSSR count). The number of carbonyl (C=O) groups excluding carboxylic acids is 1. The minimum absolute atomic E-state index is 0.122. The van der Waals surface area contributed by atoms with E-state index in [-0.39, 0.29) is 24.5 Å². The van der Waals surface area contributed by atoms with E-state index in [9.17, 15) is 18.0 Å². The number of hydrogen-bond donors (Lipinski definition) is 0. The van der Waals surface area contributed by atoms with E-state index in [1.807, 2.05) is 24.3 Å². The van der Waals surface area contributed by atoms with Crippen LogP contribution in [-0.2, 0) is 28.9 Å². The van der Waals surface area contributed by atoms with Crippen LogP contribution in [0.4, 0.5) is 13.2 Å². The van der Waals surface area contributed by atoms with Gasteiger partial charge in [0, 0.05) is 12.1 Å². The smallest absolute Gasteiger partial charge is 0.416 e. The standard InChI is InChI=1S/C26H27F3N2O4/c1-17-23(35-24(30-17)19-9-11-20(12-10-19)26(27,28)29)16-34-21-7-5-6-18(14-21)15-31-13-4-3-8-22(31)25(32)33-2/h5-7,9-12,14,22H,3-4,8,13,15-16H2,1-2H3. The van der Waals surface area contributed by atoms with Crippen LogP contribution in [0.3, 0.4) is 0 Å². The highest BCUT2D eigenvalue weighted by atomic mass is 19.4. The Kier molecular flexibility index (Phi) is 7.45. The summed E-state index contributed by atoms with van der Waals surface area (Å²) in [7, 11) is 1.41. The predicted molar refractivity (Wildman–Crippen MR) is 123 cm³/mol. The number of oxazole rings is 1. The monoisotopic (exact) mass is 488 g/mol. The van der Waals surface area contributed by atoms with E-state index in [1.165, 1.54) is 19.2 Å². The van der Waals surface area contributed by atoms with Crippen LogP contribution in [-0.4, -0.2) is 35.5 Å². The van der Waals surface area contributed by atoms with Gasteiger partial charge in [-0.2, -0.15) is 13.2 Å². The Bertz CT molecular complexity index is 1160. The van der Waals surface area contributed by atoms with E-state index in [2.05, 4.69) is 9.88 Å². The fourth-order valence-electron chi connectivity index (χ4n) is 4.19. The lowest BCUT2D eigenvalue weighted by Gasteiger charge is -2.33. The molecule has 1 aromatic heterocycles. The van der Waals surface area contributed by atoms with Crippen molar-refractivity contribution in [3.63, 3.8) is 0 Å². The van der Waals surface area contributed by atoms with Gasteiger partial charge in [0.2, 0.25) is 5.89 Å². The van der Waals surface area contributed by atoms with Crippen LogP contribution in [0.15, 0.2) is 52.9 Å². The molecule has 35 heavy (non-hydrogen) atoms. The SMILES string of the molecule is COC(=O)C1CCCCN1Cc1cccc(OCc2oc(-c3ccc(C(F)(F)F)cc3)nc2C)c1. The molecule has 2 aromatic carbocycles. The Morgan fingerprint density at radius 3 is 2.66 bits per heavy atom. The van der Waals surface area contributed by atoms with Crippen molar-refractivity contribution < 1.29 is 31.9 Å². The van der Waals surface area contributed by atoms with Gasteiger partial charge in [-0.1, -0.05) is 18.6 Å². The molecule has 9 heteroatoms. The number of likely N-dealkylation sites (tertiary alicyclic amines) is 1. The lowest BCUT2D eigenvalue weighted by molar-refractivity contribution is -0.148. The van der Waals surface area contributed by atoms with Gasteiger partial charge < -0.3 is 13.9 Å². The third kappa shape index (κ3) is 6.03. The highest BCUT2D eigenvalue weighted by molar-refractivity contribution is 5.75. The average Bonchev–Trinajstić information content (AvgIpc) is 3.23. The first-order chi connectivity index (χ1) is 16.7. The van der Waals surface area contributed by atoms with Crippen molar-refractivity contribution >= 4 is 5.97 Å². The van der Waals surface area contributed by atoms with Gasteiger partial charge in [-0.3, -0.25) is 9.69 Å². The van der Waals surface area contributed by atoms with Crippen LogP contribution < -0.4 is 4.74 Å². The number of aromatic nitrogens is 1. The third-order valence-corrected chi connectivity index (χ3v) is 6.09. The molecule has 0 bridgehead atoms. The number of esters is 1. The van der Waals surface area contributed by atoms with Crippen LogP contribution in [0.2, 0.25) is 0 Å². The Labute approximate surface area is 201 Å². The largest absolute Gasteiger partial charge is 0.486 e. The molecule has 0 aliphatic carbocycles. The second kappa shape index (κ2) is 10.5. The second-order valence-corrected chi connectivity index (χ2v) is 8.54. The molecular weight excluding hydrogens is 461 g/mol. The summed E-state index contributed by atoms with van der Waals surface area (Å²) in [5.41, 5.74) is 1.34. The molecule has 1 fully saturated rings. The normalized spacial score (nSPS) is 16.8. The van der Waals surface area contributed by atoms with Gasteiger partial charge in [-0.25, -0.2) is 4.98 Å². The van der Waals surface area contributed by atoms with Crippen LogP contribution in [0.25, 0.3) is 11.5 Å². The highest BCUT2D eigenvalue weighted by Gasteiger charge is 2.30. The molecule has 0 radical (unpaired) electrons. The van der Waals surface area contributed by atoms with Gasteiger partial charge in [0.25, 0.3) is 0 Å². The number of carbonyl (C=O) groups is 1. The summed E-state index contributed by atoms with van der Waals surface area (Å²) in [5.74, 6) is 1.16. The summed E-state index contributed by atoms with van der Waals surface area (Å²) in [5, 5.41) is 0. The van der Waals surface area contributed by atoms with Crippen LogP contribution in [0, 0.1) is 6.92 Å². The molecule has 3 aromatic rings. The van der Waals surface area contributed by atoms with Crippen molar-refractivity contribution in [1.82, 2.24) is 9.88 Å². The number of halogens is 3. The number of alkyl halides is 3. The van der Waals surface area contributed by atoms with Gasteiger partial charge >= 0.3 is 12.1 Å². The van der Waals surface area contributed by atoms with Crippen molar-refractivity contribution in [3.05, 3.63) is 71.1 Å². The maximum Gasteiger partial charge on any atom is 0.416 e. The Morgan fingerprint density at radius 1 is 1.17 bits per heavy atom. The zero-order chi connectivity index (χ0) is 25.0. The van der Waals surface area contributed by atoms with E-state index < -0.39 is 11.7 Å². The first-order valence-corrected chi connectivity index (χ1v) is 11.4. The molecule has 1 unspecified atom stereocenters. The fourth-order valence-corrected chi connectivity index (χ4v) is 4.19. The summed E-state index contributed by atoms with van der Waals surface area (Å²) < 4.78 is 55.1. The molecule has 6 nitrogen and oxygen atoms in total. The maximum atomic E-state index is 12.8. The Balaban J connectivity index is 1.41. The lowest BCUT2D eigenvalue weighted by Crippen LogP contribution is -2.44. The first kappa shape index (κ1) is 24.8. The molecule has 1 aliphatic rings. The number of nitrogens with zero attached hydrogens (tertiary/aromatic N) is 2. The number of ether oxygens (including phenoxy) is 2. The number of benzene rings is 2. The highest BCUT2D eigenvalue weighted by Crippen LogP contribution is 2.31. The van der Waals surface area contributed by atoms with Crippen molar-refractivity contribution in [3.8, 4) is 17.2 Å². The first-order valence-electron chi connectivity index (χ1n) is 11.4. The Hall–Kier alpha value is -3.33. The van der Waals surface area contributed by atoms with Crippen molar-refractivity contribution in [2.45, 2.75) is 51.6 Å². The number of methoxy groups -OCH3 is 1. The summed E-state index contributed by atoms with van der Waals surface area (Å²) in [4.78, 5) is 18.6. The van der Waals surface area contributed by atoms with E-state index in [0.717, 1.165) is 43.5 Å². The molecule has 1 atom stereocenters. The molecule has 0 spiro atoms. The molecule has 0 N–H and O–H groups in total. The number of piperidine rings is 1. The van der Waals surface area contributed by atoms with E-state index in [4.69, 9.17) is 13.9 Å². The van der Waals surface area contributed by atoms with E-state index in [1.54, 1.807) is 6.92 Å². The lowest BCUT2D eigenvalue weighted by atomic mass is 10.0. The fraction of sp³-hybridized carbons (Fsp3) is 0.385. The van der Waals surface area contributed by atoms with Crippen molar-refractivity contribution in [2.75, 3.05) is 13.7 Å². The minimum atomic E-state index is -4.40. The summed E-state index contributed by atoms with van der Waals surface area (Å²) in [6.45, 7) is 3.32. The van der Waals surface area contributed by atoms with E-state index >= 15 is 0 Å². The zero-order valence-electron chi connectivity index (χ0n) is 19.6. The van der Waals surface area contributed by atoms with Gasteiger partial charge in [-0.05, 0) is 68.3 Å². The average molecular weight is 489 g/mol. The Morgan fingerprint density at radius 2 is 1.94 bits per heavy atom. The molecule has 0 saturated carbocycles. The molecule has 1 aliphatic heterocycles. The molecule has 0 amide bonds. The predicted octanol–water partition coefficient (Wildman–Crippen LogP) is 5.78. The van der Waals surface area contributed by atoms with Crippen molar-refractivity contribution in [1.29, 1.82) is 0 Å². The zero-order valence-corrected chi connectivity index (χ0v) is 19.6.